The molecular weight excluding hydrogens is 338 g/mol. The monoisotopic (exact) mass is 351 g/mol. The maximum atomic E-state index is 12.2. The van der Waals surface area contributed by atoms with Crippen LogP contribution in [0.3, 0.4) is 0 Å². The van der Waals surface area contributed by atoms with Gasteiger partial charge in [0.05, 0.1) is 18.4 Å². The second-order valence-electron chi connectivity index (χ2n) is 3.80. The summed E-state index contributed by atoms with van der Waals surface area (Å²) in [6, 6.07) is 4.46. The molecule has 0 saturated heterocycles. The smallest absolute Gasteiger partial charge is 0.304 e. The standard InChI is InChI=1S/C11H14BrNO5S/c1-13(4-3-11(14)15)19(16,17)10-6-8(12)5-9(7-10)18-2/h5-7H,3-4H2,1-2H3,(H,14,15). The summed E-state index contributed by atoms with van der Waals surface area (Å²) in [4.78, 5) is 10.5. The molecule has 0 aromatic heterocycles. The summed E-state index contributed by atoms with van der Waals surface area (Å²) in [7, 11) is -0.954. The molecule has 0 unspecified atom stereocenters. The van der Waals surface area contributed by atoms with Gasteiger partial charge in [0.1, 0.15) is 5.75 Å². The fraction of sp³-hybridized carbons (Fsp3) is 0.364. The Bertz CT molecular complexity index is 572. The lowest BCUT2D eigenvalue weighted by molar-refractivity contribution is -0.137. The highest BCUT2D eigenvalue weighted by Crippen LogP contribution is 2.25. The van der Waals surface area contributed by atoms with Crippen molar-refractivity contribution in [1.29, 1.82) is 0 Å². The van der Waals surface area contributed by atoms with Crippen molar-refractivity contribution in [2.24, 2.45) is 0 Å². The van der Waals surface area contributed by atoms with Crippen molar-refractivity contribution in [3.63, 3.8) is 0 Å². The predicted molar refractivity (Wildman–Crippen MR) is 72.8 cm³/mol. The number of aliphatic carboxylic acids is 1. The summed E-state index contributed by atoms with van der Waals surface area (Å²) in [5.41, 5.74) is 0. The zero-order chi connectivity index (χ0) is 14.6. The lowest BCUT2D eigenvalue weighted by atomic mass is 10.3. The van der Waals surface area contributed by atoms with Crippen molar-refractivity contribution >= 4 is 31.9 Å². The van der Waals surface area contributed by atoms with Crippen molar-refractivity contribution < 1.29 is 23.1 Å². The van der Waals surface area contributed by atoms with Gasteiger partial charge in [0.25, 0.3) is 0 Å². The van der Waals surface area contributed by atoms with E-state index in [9.17, 15) is 13.2 Å². The first kappa shape index (κ1) is 15.9. The number of hydrogen-bond donors (Lipinski definition) is 1. The first-order chi connectivity index (χ1) is 8.77. The van der Waals surface area contributed by atoms with Gasteiger partial charge in [-0.25, -0.2) is 12.7 Å². The molecule has 1 aromatic rings. The van der Waals surface area contributed by atoms with Gasteiger partial charge < -0.3 is 9.84 Å². The molecule has 0 bridgehead atoms. The molecule has 0 fully saturated rings. The van der Waals surface area contributed by atoms with Gasteiger partial charge in [-0.15, -0.1) is 0 Å². The van der Waals surface area contributed by atoms with Crippen molar-refractivity contribution in [3.05, 3.63) is 22.7 Å². The number of hydrogen-bond acceptors (Lipinski definition) is 4. The van der Waals surface area contributed by atoms with E-state index in [2.05, 4.69) is 15.9 Å². The molecule has 1 rings (SSSR count). The van der Waals surface area contributed by atoms with Gasteiger partial charge in [0.15, 0.2) is 0 Å². The van der Waals surface area contributed by atoms with Crippen molar-refractivity contribution in [2.45, 2.75) is 11.3 Å². The van der Waals surface area contributed by atoms with Crippen LogP contribution in [0.2, 0.25) is 0 Å². The molecule has 106 valence electrons. The van der Waals surface area contributed by atoms with Crippen LogP contribution in [-0.4, -0.2) is 44.5 Å². The van der Waals surface area contributed by atoms with Gasteiger partial charge in [0.2, 0.25) is 10.0 Å². The third-order valence-corrected chi connectivity index (χ3v) is 4.72. The van der Waals surface area contributed by atoms with Gasteiger partial charge in [0, 0.05) is 24.1 Å². The van der Waals surface area contributed by atoms with Crippen LogP contribution in [0.1, 0.15) is 6.42 Å². The fourth-order valence-corrected chi connectivity index (χ4v) is 3.21. The molecule has 1 aromatic carbocycles. The molecule has 0 radical (unpaired) electrons. The molecule has 0 spiro atoms. The Morgan fingerprint density at radius 3 is 2.58 bits per heavy atom. The van der Waals surface area contributed by atoms with Crippen LogP contribution in [0.15, 0.2) is 27.6 Å². The normalized spacial score (nSPS) is 11.6. The number of halogens is 1. The number of carboxylic acids is 1. The molecule has 0 aliphatic rings. The van der Waals surface area contributed by atoms with Crippen LogP contribution in [0.25, 0.3) is 0 Å². The van der Waals surface area contributed by atoms with E-state index >= 15 is 0 Å². The Morgan fingerprint density at radius 2 is 2.05 bits per heavy atom. The van der Waals surface area contributed by atoms with Gasteiger partial charge in [-0.1, -0.05) is 15.9 Å². The summed E-state index contributed by atoms with van der Waals surface area (Å²) in [5.74, 6) is -0.645. The zero-order valence-corrected chi connectivity index (χ0v) is 12.9. The Kier molecular flexibility index (Phi) is 5.33. The lowest BCUT2D eigenvalue weighted by Gasteiger charge is -2.17. The highest BCUT2D eigenvalue weighted by molar-refractivity contribution is 9.10. The highest BCUT2D eigenvalue weighted by atomic mass is 79.9. The minimum absolute atomic E-state index is 0.0478. The summed E-state index contributed by atoms with van der Waals surface area (Å²) in [6.07, 6.45) is -0.249. The molecule has 0 atom stereocenters. The van der Waals surface area contributed by atoms with E-state index in [-0.39, 0.29) is 17.9 Å². The van der Waals surface area contributed by atoms with E-state index in [1.807, 2.05) is 0 Å². The molecular formula is C11H14BrNO5S. The maximum absolute atomic E-state index is 12.2. The summed E-state index contributed by atoms with van der Waals surface area (Å²) in [5, 5.41) is 8.58. The molecule has 0 saturated carbocycles. The predicted octanol–water partition coefficient (Wildman–Crippen LogP) is 1.55. The van der Waals surface area contributed by atoms with E-state index in [1.54, 1.807) is 6.07 Å². The Balaban J connectivity index is 3.05. The minimum Gasteiger partial charge on any atom is -0.497 e. The van der Waals surface area contributed by atoms with Gasteiger partial charge >= 0.3 is 5.97 Å². The number of carbonyl (C=O) groups is 1. The molecule has 1 N–H and O–H groups in total. The molecule has 6 nitrogen and oxygen atoms in total. The summed E-state index contributed by atoms with van der Waals surface area (Å²) >= 11 is 3.20. The topological polar surface area (TPSA) is 83.9 Å². The minimum atomic E-state index is -3.73. The molecule has 8 heteroatoms. The Hall–Kier alpha value is -1.12. The molecule has 19 heavy (non-hydrogen) atoms. The summed E-state index contributed by atoms with van der Waals surface area (Å²) in [6.45, 7) is -0.0908. The van der Waals surface area contributed by atoms with E-state index in [0.29, 0.717) is 10.2 Å². The van der Waals surface area contributed by atoms with Crippen LogP contribution in [0.5, 0.6) is 5.75 Å². The second kappa shape index (κ2) is 6.36. The van der Waals surface area contributed by atoms with Crippen molar-refractivity contribution in [2.75, 3.05) is 20.7 Å². The maximum Gasteiger partial charge on any atom is 0.304 e. The number of sulfonamides is 1. The first-order valence-corrected chi connectivity index (χ1v) is 7.53. The number of benzene rings is 1. The third-order valence-electron chi connectivity index (χ3n) is 2.43. The van der Waals surface area contributed by atoms with Gasteiger partial charge in [-0.3, -0.25) is 4.79 Å². The fourth-order valence-electron chi connectivity index (χ4n) is 1.36. The Morgan fingerprint density at radius 1 is 1.42 bits per heavy atom. The molecule has 0 aliphatic heterocycles. The molecule has 0 heterocycles. The zero-order valence-electron chi connectivity index (χ0n) is 10.5. The van der Waals surface area contributed by atoms with Crippen LogP contribution < -0.4 is 4.74 Å². The van der Waals surface area contributed by atoms with Crippen LogP contribution in [0.4, 0.5) is 0 Å². The van der Waals surface area contributed by atoms with Crippen molar-refractivity contribution in [1.82, 2.24) is 4.31 Å². The van der Waals surface area contributed by atoms with Gasteiger partial charge in [-0.05, 0) is 12.1 Å². The van der Waals surface area contributed by atoms with Crippen LogP contribution >= 0.6 is 15.9 Å². The number of nitrogens with zero attached hydrogens (tertiary/aromatic N) is 1. The number of ether oxygens (including phenoxy) is 1. The highest BCUT2D eigenvalue weighted by Gasteiger charge is 2.22. The van der Waals surface area contributed by atoms with Crippen molar-refractivity contribution in [3.8, 4) is 5.75 Å². The number of rotatable bonds is 6. The van der Waals surface area contributed by atoms with E-state index in [4.69, 9.17) is 9.84 Å². The average molecular weight is 352 g/mol. The van der Waals surface area contributed by atoms with E-state index in [1.165, 1.54) is 26.3 Å². The largest absolute Gasteiger partial charge is 0.497 e. The van der Waals surface area contributed by atoms with Gasteiger partial charge in [-0.2, -0.15) is 0 Å². The Labute approximate surface area is 120 Å². The SMILES string of the molecule is COc1cc(Br)cc(S(=O)(=O)N(C)CCC(=O)O)c1. The number of carboxylic acid groups (broad SMARTS) is 1. The lowest BCUT2D eigenvalue weighted by Crippen LogP contribution is -2.29. The number of methoxy groups -OCH3 is 1. The second-order valence-corrected chi connectivity index (χ2v) is 6.76. The quantitative estimate of drug-likeness (QED) is 0.840. The van der Waals surface area contributed by atoms with E-state index < -0.39 is 16.0 Å². The molecule has 0 amide bonds. The van der Waals surface area contributed by atoms with Crippen LogP contribution in [0, 0.1) is 0 Å². The third kappa shape index (κ3) is 4.19. The van der Waals surface area contributed by atoms with E-state index in [0.717, 1.165) is 4.31 Å². The molecule has 0 aliphatic carbocycles. The van der Waals surface area contributed by atoms with Crippen LogP contribution in [-0.2, 0) is 14.8 Å². The first-order valence-electron chi connectivity index (χ1n) is 5.30. The average Bonchev–Trinajstić information content (AvgIpc) is 2.34. The summed E-state index contributed by atoms with van der Waals surface area (Å²) < 4.78 is 31.0.